The zero-order valence-electron chi connectivity index (χ0n) is 16.3. The van der Waals surface area contributed by atoms with E-state index in [1.54, 1.807) is 38.3 Å². The molecule has 1 N–H and O–H groups in total. The highest BCUT2D eigenvalue weighted by molar-refractivity contribution is 5.96. The summed E-state index contributed by atoms with van der Waals surface area (Å²) in [5.41, 5.74) is 2.30. The Morgan fingerprint density at radius 1 is 1.07 bits per heavy atom. The van der Waals surface area contributed by atoms with E-state index in [0.717, 1.165) is 11.1 Å². The van der Waals surface area contributed by atoms with E-state index in [9.17, 15) is 9.59 Å². The lowest BCUT2D eigenvalue weighted by Crippen LogP contribution is -2.31. The number of nitrogens with one attached hydrogen (secondary N) is 1. The quantitative estimate of drug-likeness (QED) is 0.613. The van der Waals surface area contributed by atoms with Crippen molar-refractivity contribution in [3.63, 3.8) is 0 Å². The number of nitrogens with zero attached hydrogens (tertiary/aromatic N) is 2. The second-order valence-electron chi connectivity index (χ2n) is 6.35. The summed E-state index contributed by atoms with van der Waals surface area (Å²) in [6, 6.07) is 14.2. The first-order valence-corrected chi connectivity index (χ1v) is 8.98. The fourth-order valence-corrected chi connectivity index (χ4v) is 2.50. The number of aromatic nitrogens is 2. The van der Waals surface area contributed by atoms with Crippen LogP contribution in [0.15, 0.2) is 52.9 Å². The van der Waals surface area contributed by atoms with Crippen molar-refractivity contribution in [3.05, 3.63) is 65.5 Å². The molecular weight excluding hydrogens is 374 g/mol. The molecule has 8 heteroatoms. The number of carbonyl (C=O) groups excluding carboxylic acids is 2. The molecule has 29 heavy (non-hydrogen) atoms. The molecule has 0 bridgehead atoms. The van der Waals surface area contributed by atoms with Gasteiger partial charge in [0.2, 0.25) is 5.89 Å². The fourth-order valence-electron chi connectivity index (χ4n) is 2.50. The number of ether oxygens (including phenoxy) is 2. The molecule has 150 valence electrons. The summed E-state index contributed by atoms with van der Waals surface area (Å²) < 4.78 is 15.9. The Hall–Kier alpha value is -3.68. The van der Waals surface area contributed by atoms with Crippen LogP contribution in [-0.4, -0.2) is 35.7 Å². The second kappa shape index (κ2) is 9.01. The van der Waals surface area contributed by atoms with Gasteiger partial charge in [0.25, 0.3) is 11.8 Å². The van der Waals surface area contributed by atoms with Crippen LogP contribution in [0.3, 0.4) is 0 Å². The number of methoxy groups -OCH3 is 1. The van der Waals surface area contributed by atoms with E-state index in [-0.39, 0.29) is 12.4 Å². The van der Waals surface area contributed by atoms with E-state index in [4.69, 9.17) is 13.9 Å². The van der Waals surface area contributed by atoms with Crippen LogP contribution < -0.4 is 10.1 Å². The molecular formula is C21H21N3O5. The summed E-state index contributed by atoms with van der Waals surface area (Å²) in [5, 5.41) is 10.4. The van der Waals surface area contributed by atoms with Crippen LogP contribution in [0, 0.1) is 6.92 Å². The first-order chi connectivity index (χ1) is 14.0. The summed E-state index contributed by atoms with van der Waals surface area (Å²) in [6.45, 7) is 3.32. The van der Waals surface area contributed by atoms with E-state index in [1.165, 1.54) is 0 Å². The predicted molar refractivity (Wildman–Crippen MR) is 104 cm³/mol. The van der Waals surface area contributed by atoms with Crippen molar-refractivity contribution in [2.45, 2.75) is 20.0 Å². The predicted octanol–water partition coefficient (Wildman–Crippen LogP) is 3.09. The highest BCUT2D eigenvalue weighted by Gasteiger charge is 2.19. The summed E-state index contributed by atoms with van der Waals surface area (Å²) in [5.74, 6) is 0.150. The second-order valence-corrected chi connectivity index (χ2v) is 6.35. The highest BCUT2D eigenvalue weighted by Crippen LogP contribution is 2.22. The van der Waals surface area contributed by atoms with Gasteiger partial charge in [-0.3, -0.25) is 9.59 Å². The number of aryl methyl sites for hydroxylation is 1. The lowest BCUT2D eigenvalue weighted by Gasteiger charge is -2.10. The smallest absolute Gasteiger partial charge is 0.326 e. The lowest BCUT2D eigenvalue weighted by atomic mass is 10.1. The van der Waals surface area contributed by atoms with Crippen molar-refractivity contribution < 1.29 is 23.5 Å². The monoisotopic (exact) mass is 395 g/mol. The van der Waals surface area contributed by atoms with E-state index in [2.05, 4.69) is 15.5 Å². The van der Waals surface area contributed by atoms with Crippen LogP contribution in [0.2, 0.25) is 0 Å². The van der Waals surface area contributed by atoms with Gasteiger partial charge < -0.3 is 19.2 Å². The van der Waals surface area contributed by atoms with Crippen LogP contribution >= 0.6 is 0 Å². The van der Waals surface area contributed by atoms with Gasteiger partial charge in [0.15, 0.2) is 6.10 Å². The summed E-state index contributed by atoms with van der Waals surface area (Å²) in [7, 11) is 1.54. The van der Waals surface area contributed by atoms with Gasteiger partial charge in [0.05, 0.1) is 7.11 Å². The van der Waals surface area contributed by atoms with E-state index >= 15 is 0 Å². The number of rotatable bonds is 7. The van der Waals surface area contributed by atoms with Gasteiger partial charge in [-0.1, -0.05) is 17.7 Å². The lowest BCUT2D eigenvalue weighted by molar-refractivity contribution is -0.148. The van der Waals surface area contributed by atoms with Gasteiger partial charge in [-0.15, -0.1) is 10.2 Å². The Morgan fingerprint density at radius 3 is 2.41 bits per heavy atom. The molecule has 2 aromatic carbocycles. The largest absolute Gasteiger partial charge is 0.497 e. The van der Waals surface area contributed by atoms with Crippen molar-refractivity contribution in [2.24, 2.45) is 0 Å². The SMILES string of the molecule is COc1ccc(C(=O)NCC(=O)O[C@@H](C)c2nnc(-c3ccc(C)cc3)o2)cc1. The molecule has 3 rings (SSSR count). The molecule has 3 aromatic rings. The first-order valence-electron chi connectivity index (χ1n) is 8.98. The number of amides is 1. The molecule has 1 atom stereocenters. The zero-order valence-corrected chi connectivity index (χ0v) is 16.3. The molecule has 0 fully saturated rings. The zero-order chi connectivity index (χ0) is 20.8. The normalized spacial score (nSPS) is 11.6. The van der Waals surface area contributed by atoms with Crippen molar-refractivity contribution in [2.75, 3.05) is 13.7 Å². The van der Waals surface area contributed by atoms with Crippen LogP contribution in [0.5, 0.6) is 5.75 Å². The molecule has 0 unspecified atom stereocenters. The minimum absolute atomic E-state index is 0.176. The number of hydrogen-bond acceptors (Lipinski definition) is 7. The minimum atomic E-state index is -0.743. The van der Waals surface area contributed by atoms with Gasteiger partial charge in [-0.2, -0.15) is 0 Å². The van der Waals surface area contributed by atoms with Crippen LogP contribution in [-0.2, 0) is 9.53 Å². The molecule has 1 aromatic heterocycles. The first kappa shape index (κ1) is 20.1. The third kappa shape index (κ3) is 5.19. The van der Waals surface area contributed by atoms with Gasteiger partial charge in [0, 0.05) is 11.1 Å². The third-order valence-electron chi connectivity index (χ3n) is 4.14. The third-order valence-corrected chi connectivity index (χ3v) is 4.14. The Kier molecular flexibility index (Phi) is 6.23. The molecule has 0 saturated carbocycles. The fraction of sp³-hybridized carbons (Fsp3) is 0.238. The number of benzene rings is 2. The van der Waals surface area contributed by atoms with Crippen molar-refractivity contribution in [1.29, 1.82) is 0 Å². The maximum absolute atomic E-state index is 12.1. The summed E-state index contributed by atoms with van der Waals surface area (Å²) in [4.78, 5) is 24.1. The molecule has 0 aliphatic carbocycles. The van der Waals surface area contributed by atoms with Gasteiger partial charge in [-0.05, 0) is 50.2 Å². The van der Waals surface area contributed by atoms with Gasteiger partial charge in [0.1, 0.15) is 12.3 Å². The van der Waals surface area contributed by atoms with Gasteiger partial charge in [-0.25, -0.2) is 0 Å². The molecule has 1 heterocycles. The Morgan fingerprint density at radius 2 is 1.76 bits per heavy atom. The average Bonchev–Trinajstić information content (AvgIpc) is 3.23. The van der Waals surface area contributed by atoms with Crippen molar-refractivity contribution in [1.82, 2.24) is 15.5 Å². The number of esters is 1. The van der Waals surface area contributed by atoms with Crippen molar-refractivity contribution in [3.8, 4) is 17.2 Å². The molecule has 0 aliphatic rings. The van der Waals surface area contributed by atoms with Crippen molar-refractivity contribution >= 4 is 11.9 Å². The molecule has 0 spiro atoms. The molecule has 1 amide bonds. The Bertz CT molecular complexity index is 980. The average molecular weight is 395 g/mol. The molecule has 0 aliphatic heterocycles. The van der Waals surface area contributed by atoms with E-state index in [1.807, 2.05) is 31.2 Å². The summed E-state index contributed by atoms with van der Waals surface area (Å²) >= 11 is 0. The molecule has 8 nitrogen and oxygen atoms in total. The van der Waals surface area contributed by atoms with E-state index < -0.39 is 18.0 Å². The number of carbonyl (C=O) groups is 2. The maximum atomic E-state index is 12.1. The van der Waals surface area contributed by atoms with Crippen LogP contribution in [0.1, 0.15) is 34.8 Å². The van der Waals surface area contributed by atoms with Crippen LogP contribution in [0.4, 0.5) is 0 Å². The van der Waals surface area contributed by atoms with Crippen LogP contribution in [0.25, 0.3) is 11.5 Å². The topological polar surface area (TPSA) is 104 Å². The minimum Gasteiger partial charge on any atom is -0.497 e. The number of hydrogen-bond donors (Lipinski definition) is 1. The standard InChI is InChI=1S/C21H21N3O5/c1-13-4-6-16(7-5-13)21-24-23-20(29-21)14(2)28-18(25)12-22-19(26)15-8-10-17(27-3)11-9-15/h4-11,14H,12H2,1-3H3,(H,22,26)/t14-/m0/s1. The highest BCUT2D eigenvalue weighted by atomic mass is 16.6. The summed E-state index contributed by atoms with van der Waals surface area (Å²) in [6.07, 6.45) is -0.743. The Balaban J connectivity index is 1.52. The maximum Gasteiger partial charge on any atom is 0.326 e. The molecule has 0 saturated heterocycles. The van der Waals surface area contributed by atoms with E-state index in [0.29, 0.717) is 17.2 Å². The molecule has 0 radical (unpaired) electrons. The van der Waals surface area contributed by atoms with Gasteiger partial charge >= 0.3 is 5.97 Å². The Labute approximate surface area is 167 Å².